The minimum Gasteiger partial charge on any atom is -0.493 e. The third-order valence-electron chi connectivity index (χ3n) is 3.66. The lowest BCUT2D eigenvalue weighted by Crippen LogP contribution is -2.26. The average Bonchev–Trinajstić information content (AvgIpc) is 2.66. The molecule has 0 heterocycles. The van der Waals surface area contributed by atoms with Gasteiger partial charge in [0.1, 0.15) is 5.75 Å². The zero-order valence-corrected chi connectivity index (χ0v) is 14.9. The second kappa shape index (κ2) is 9.91. The molecule has 0 saturated carbocycles. The number of nitrogens with zero attached hydrogens (tertiary/aromatic N) is 1. The molecule has 2 amide bonds. The van der Waals surface area contributed by atoms with Gasteiger partial charge >= 0.3 is 0 Å². The van der Waals surface area contributed by atoms with Gasteiger partial charge in [-0.05, 0) is 37.6 Å². The average molecular weight is 371 g/mol. The number of nitro benzene ring substituents is 1. The highest BCUT2D eigenvalue weighted by atomic mass is 16.6. The highest BCUT2D eigenvalue weighted by molar-refractivity contribution is 5.97. The monoisotopic (exact) mass is 371 g/mol. The fraction of sp³-hybridized carbons (Fsp3) is 0.263. The number of nitrogens with one attached hydrogen (secondary N) is 2. The summed E-state index contributed by atoms with van der Waals surface area (Å²) in [5, 5.41) is 16.0. The van der Waals surface area contributed by atoms with E-state index in [1.165, 1.54) is 24.3 Å². The van der Waals surface area contributed by atoms with Crippen molar-refractivity contribution < 1.29 is 19.2 Å². The van der Waals surface area contributed by atoms with E-state index in [4.69, 9.17) is 4.74 Å². The van der Waals surface area contributed by atoms with Gasteiger partial charge in [0.2, 0.25) is 5.91 Å². The summed E-state index contributed by atoms with van der Waals surface area (Å²) in [6, 6.07) is 12.6. The molecule has 0 atom stereocenters. The van der Waals surface area contributed by atoms with Gasteiger partial charge in [0.05, 0.1) is 17.1 Å². The van der Waals surface area contributed by atoms with E-state index >= 15 is 0 Å². The topological polar surface area (TPSA) is 111 Å². The Hall–Kier alpha value is -3.42. The van der Waals surface area contributed by atoms with Crippen LogP contribution in [0.5, 0.6) is 5.75 Å². The van der Waals surface area contributed by atoms with Crippen molar-refractivity contribution in [2.45, 2.75) is 19.8 Å². The summed E-state index contributed by atoms with van der Waals surface area (Å²) in [5.74, 6) is 0.0380. The molecule has 0 aliphatic heterocycles. The van der Waals surface area contributed by atoms with E-state index < -0.39 is 4.92 Å². The SMILES string of the molecule is CCOc1ccccc1C(=O)NCCCC(=O)Nc1ccc([N+](=O)[O-])cc1. The van der Waals surface area contributed by atoms with Gasteiger partial charge < -0.3 is 15.4 Å². The number of nitro groups is 1. The summed E-state index contributed by atoms with van der Waals surface area (Å²) in [6.07, 6.45) is 0.672. The van der Waals surface area contributed by atoms with Crippen molar-refractivity contribution in [3.05, 3.63) is 64.2 Å². The summed E-state index contributed by atoms with van der Waals surface area (Å²) < 4.78 is 5.43. The number of para-hydroxylation sites is 1. The lowest BCUT2D eigenvalue weighted by molar-refractivity contribution is -0.384. The van der Waals surface area contributed by atoms with Gasteiger partial charge in [0.25, 0.3) is 11.6 Å². The van der Waals surface area contributed by atoms with Crippen molar-refractivity contribution in [1.29, 1.82) is 0 Å². The van der Waals surface area contributed by atoms with Crippen molar-refractivity contribution in [3.63, 3.8) is 0 Å². The molecule has 0 spiro atoms. The number of ether oxygens (including phenoxy) is 1. The highest BCUT2D eigenvalue weighted by Crippen LogP contribution is 2.18. The minimum atomic E-state index is -0.502. The minimum absolute atomic E-state index is 0.0388. The van der Waals surface area contributed by atoms with Crippen LogP contribution in [0.4, 0.5) is 11.4 Å². The molecule has 8 heteroatoms. The van der Waals surface area contributed by atoms with Gasteiger partial charge in [-0.3, -0.25) is 19.7 Å². The number of carbonyl (C=O) groups is 2. The molecular weight excluding hydrogens is 350 g/mol. The van der Waals surface area contributed by atoms with Crippen LogP contribution in [0.3, 0.4) is 0 Å². The standard InChI is InChI=1S/C19H21N3O5/c1-2-27-17-7-4-3-6-16(17)19(24)20-13-5-8-18(23)21-14-9-11-15(12-10-14)22(25)26/h3-4,6-7,9-12H,2,5,8,13H2,1H3,(H,20,24)(H,21,23). The van der Waals surface area contributed by atoms with Gasteiger partial charge in [-0.15, -0.1) is 0 Å². The maximum absolute atomic E-state index is 12.2. The molecule has 142 valence electrons. The Balaban J connectivity index is 1.75. The Morgan fingerprint density at radius 2 is 1.81 bits per heavy atom. The van der Waals surface area contributed by atoms with Crippen molar-refractivity contribution in [2.75, 3.05) is 18.5 Å². The molecule has 2 aromatic carbocycles. The van der Waals surface area contributed by atoms with Crippen LogP contribution in [0.15, 0.2) is 48.5 Å². The number of non-ortho nitro benzene ring substituents is 1. The molecule has 0 saturated heterocycles. The summed E-state index contributed by atoms with van der Waals surface area (Å²) in [6.45, 7) is 2.65. The van der Waals surface area contributed by atoms with Crippen molar-refractivity contribution >= 4 is 23.2 Å². The molecule has 0 radical (unpaired) electrons. The van der Waals surface area contributed by atoms with E-state index in [-0.39, 0.29) is 23.9 Å². The maximum atomic E-state index is 12.2. The number of rotatable bonds is 9. The first-order chi connectivity index (χ1) is 13.0. The number of hydrogen-bond donors (Lipinski definition) is 2. The fourth-order valence-electron chi connectivity index (χ4n) is 2.37. The van der Waals surface area contributed by atoms with Gasteiger partial charge in [-0.1, -0.05) is 12.1 Å². The molecule has 0 aliphatic rings. The molecule has 2 rings (SSSR count). The molecular formula is C19H21N3O5. The Bertz CT molecular complexity index is 805. The molecule has 0 bridgehead atoms. The van der Waals surface area contributed by atoms with Crippen LogP contribution in [0.1, 0.15) is 30.1 Å². The summed E-state index contributed by atoms with van der Waals surface area (Å²) >= 11 is 0. The van der Waals surface area contributed by atoms with Gasteiger partial charge in [-0.2, -0.15) is 0 Å². The second-order valence-electron chi connectivity index (χ2n) is 5.64. The molecule has 0 unspecified atom stereocenters. The summed E-state index contributed by atoms with van der Waals surface area (Å²) in [7, 11) is 0. The smallest absolute Gasteiger partial charge is 0.269 e. The summed E-state index contributed by atoms with van der Waals surface area (Å²) in [4.78, 5) is 34.2. The first-order valence-corrected chi connectivity index (χ1v) is 8.55. The van der Waals surface area contributed by atoms with Crippen LogP contribution in [-0.4, -0.2) is 29.9 Å². The third kappa shape index (κ3) is 6.10. The molecule has 0 aromatic heterocycles. The number of benzene rings is 2. The second-order valence-corrected chi connectivity index (χ2v) is 5.64. The molecule has 0 fully saturated rings. The van der Waals surface area contributed by atoms with E-state index in [9.17, 15) is 19.7 Å². The van der Waals surface area contributed by atoms with Crippen LogP contribution in [0, 0.1) is 10.1 Å². The van der Waals surface area contributed by atoms with Crippen molar-refractivity contribution in [3.8, 4) is 5.75 Å². The zero-order valence-electron chi connectivity index (χ0n) is 14.9. The first kappa shape index (κ1) is 19.9. The van der Waals surface area contributed by atoms with Crippen molar-refractivity contribution in [1.82, 2.24) is 5.32 Å². The van der Waals surface area contributed by atoms with Crippen LogP contribution in [0.2, 0.25) is 0 Å². The molecule has 2 N–H and O–H groups in total. The molecule has 27 heavy (non-hydrogen) atoms. The van der Waals surface area contributed by atoms with Crippen LogP contribution < -0.4 is 15.4 Å². The number of anilines is 1. The lowest BCUT2D eigenvalue weighted by Gasteiger charge is -2.10. The van der Waals surface area contributed by atoms with Crippen LogP contribution >= 0.6 is 0 Å². The first-order valence-electron chi connectivity index (χ1n) is 8.55. The Labute approximate surface area is 156 Å². The van der Waals surface area contributed by atoms with E-state index in [1.807, 2.05) is 6.92 Å². The van der Waals surface area contributed by atoms with Crippen molar-refractivity contribution in [2.24, 2.45) is 0 Å². The van der Waals surface area contributed by atoms with Gasteiger partial charge in [0.15, 0.2) is 0 Å². The number of amides is 2. The third-order valence-corrected chi connectivity index (χ3v) is 3.66. The molecule has 0 aliphatic carbocycles. The lowest BCUT2D eigenvalue weighted by atomic mass is 10.2. The Kier molecular flexibility index (Phi) is 7.30. The van der Waals surface area contributed by atoms with E-state index in [2.05, 4.69) is 10.6 Å². The van der Waals surface area contributed by atoms with Gasteiger partial charge in [-0.25, -0.2) is 0 Å². The quantitative estimate of drug-likeness (QED) is 0.400. The Morgan fingerprint density at radius 1 is 1.11 bits per heavy atom. The molecule has 2 aromatic rings. The predicted molar refractivity (Wildman–Crippen MR) is 101 cm³/mol. The van der Waals surface area contributed by atoms with E-state index in [0.29, 0.717) is 36.6 Å². The van der Waals surface area contributed by atoms with E-state index in [0.717, 1.165) is 0 Å². The predicted octanol–water partition coefficient (Wildman–Crippen LogP) is 3.14. The highest BCUT2D eigenvalue weighted by Gasteiger charge is 2.11. The Morgan fingerprint density at radius 3 is 2.48 bits per heavy atom. The normalized spacial score (nSPS) is 10.1. The molecule has 8 nitrogen and oxygen atoms in total. The maximum Gasteiger partial charge on any atom is 0.269 e. The number of carbonyl (C=O) groups excluding carboxylic acids is 2. The fourth-order valence-corrected chi connectivity index (χ4v) is 2.37. The number of hydrogen-bond acceptors (Lipinski definition) is 5. The van der Waals surface area contributed by atoms with Gasteiger partial charge in [0, 0.05) is 30.8 Å². The van der Waals surface area contributed by atoms with Crippen LogP contribution in [0.25, 0.3) is 0 Å². The summed E-state index contributed by atoms with van der Waals surface area (Å²) in [5.41, 5.74) is 0.901. The largest absolute Gasteiger partial charge is 0.493 e. The van der Waals surface area contributed by atoms with E-state index in [1.54, 1.807) is 24.3 Å². The zero-order chi connectivity index (χ0) is 19.6. The van der Waals surface area contributed by atoms with Crippen LogP contribution in [-0.2, 0) is 4.79 Å².